The fourth-order valence-electron chi connectivity index (χ4n) is 3.11. The van der Waals surface area contributed by atoms with Crippen LogP contribution in [0.2, 0.25) is 0 Å². The SMILES string of the molecule is CC[C@@H](C)N(C(=O)CSc1nc2ccccc2c(=O)n1CC(=O)OC)[C@H](C)CC. The third-order valence-electron chi connectivity index (χ3n) is 5.09. The van der Waals surface area contributed by atoms with Crippen molar-refractivity contribution in [2.24, 2.45) is 0 Å². The second-order valence-corrected chi connectivity index (χ2v) is 7.93. The summed E-state index contributed by atoms with van der Waals surface area (Å²) in [6, 6.07) is 7.22. The number of carbonyl (C=O) groups excluding carboxylic acids is 2. The number of rotatable bonds is 9. The molecule has 0 spiro atoms. The average Bonchev–Trinajstić information content (AvgIpc) is 2.73. The smallest absolute Gasteiger partial charge is 0.325 e. The number of esters is 1. The summed E-state index contributed by atoms with van der Waals surface area (Å²) in [5, 5.41) is 0.758. The third kappa shape index (κ3) is 5.38. The van der Waals surface area contributed by atoms with E-state index < -0.39 is 5.97 Å². The summed E-state index contributed by atoms with van der Waals surface area (Å²) < 4.78 is 6.00. The van der Waals surface area contributed by atoms with Gasteiger partial charge in [-0.3, -0.25) is 19.0 Å². The zero-order valence-corrected chi connectivity index (χ0v) is 18.5. The van der Waals surface area contributed by atoms with Gasteiger partial charge in [0, 0.05) is 12.1 Å². The highest BCUT2D eigenvalue weighted by Gasteiger charge is 2.24. The van der Waals surface area contributed by atoms with Crippen LogP contribution in [0.5, 0.6) is 0 Å². The summed E-state index contributed by atoms with van der Waals surface area (Å²) >= 11 is 1.17. The van der Waals surface area contributed by atoms with E-state index in [-0.39, 0.29) is 35.8 Å². The predicted molar refractivity (Wildman–Crippen MR) is 115 cm³/mol. The molecule has 0 bridgehead atoms. The molecule has 0 saturated heterocycles. The molecule has 1 aromatic carbocycles. The summed E-state index contributed by atoms with van der Waals surface area (Å²) in [5.41, 5.74) is 0.214. The molecule has 0 aliphatic carbocycles. The first-order valence-corrected chi connectivity index (χ1v) is 10.8. The van der Waals surface area contributed by atoms with Crippen LogP contribution in [0.25, 0.3) is 10.9 Å². The van der Waals surface area contributed by atoms with Crippen LogP contribution in [0, 0.1) is 0 Å². The fourth-order valence-corrected chi connectivity index (χ4v) is 3.98. The highest BCUT2D eigenvalue weighted by molar-refractivity contribution is 7.99. The van der Waals surface area contributed by atoms with Crippen molar-refractivity contribution in [3.05, 3.63) is 34.6 Å². The van der Waals surface area contributed by atoms with Gasteiger partial charge in [-0.2, -0.15) is 0 Å². The number of benzene rings is 1. The van der Waals surface area contributed by atoms with Crippen LogP contribution < -0.4 is 5.56 Å². The highest BCUT2D eigenvalue weighted by atomic mass is 32.2. The van der Waals surface area contributed by atoms with Crippen LogP contribution in [0.15, 0.2) is 34.2 Å². The number of ether oxygens (including phenoxy) is 1. The van der Waals surface area contributed by atoms with Crippen LogP contribution in [0.4, 0.5) is 0 Å². The first-order chi connectivity index (χ1) is 13.8. The number of fused-ring (bicyclic) bond motifs is 1. The van der Waals surface area contributed by atoms with Gasteiger partial charge in [0.25, 0.3) is 5.56 Å². The van der Waals surface area contributed by atoms with Crippen molar-refractivity contribution >= 4 is 34.5 Å². The van der Waals surface area contributed by atoms with Gasteiger partial charge < -0.3 is 9.64 Å². The summed E-state index contributed by atoms with van der Waals surface area (Å²) in [6.07, 6.45) is 1.73. The lowest BCUT2D eigenvalue weighted by atomic mass is 10.1. The van der Waals surface area contributed by atoms with E-state index in [1.54, 1.807) is 24.3 Å². The van der Waals surface area contributed by atoms with Gasteiger partial charge in [-0.25, -0.2) is 4.98 Å². The molecule has 0 aliphatic rings. The maximum atomic E-state index is 13.0. The standard InChI is InChI=1S/C21H29N3O4S/c1-6-14(3)24(15(4)7-2)18(25)13-29-21-22-17-11-9-8-10-16(17)20(27)23(21)12-19(26)28-5/h8-11,14-15H,6-7,12-13H2,1-5H3/t14-,15-/m1/s1. The van der Waals surface area contributed by atoms with E-state index in [0.717, 1.165) is 12.8 Å². The van der Waals surface area contributed by atoms with Crippen molar-refractivity contribution in [2.45, 2.75) is 64.3 Å². The van der Waals surface area contributed by atoms with Crippen LogP contribution in [-0.2, 0) is 20.9 Å². The van der Waals surface area contributed by atoms with Gasteiger partial charge in [0.05, 0.1) is 23.8 Å². The Hall–Kier alpha value is -2.35. The summed E-state index contributed by atoms with van der Waals surface area (Å²) in [7, 11) is 1.27. The lowest BCUT2D eigenvalue weighted by molar-refractivity contribution is -0.141. The number of hydrogen-bond donors (Lipinski definition) is 0. The van der Waals surface area contributed by atoms with Gasteiger partial charge in [-0.05, 0) is 38.8 Å². The van der Waals surface area contributed by atoms with Crippen LogP contribution in [0.3, 0.4) is 0 Å². The van der Waals surface area contributed by atoms with Crippen molar-refractivity contribution < 1.29 is 14.3 Å². The molecule has 0 unspecified atom stereocenters. The average molecular weight is 420 g/mol. The molecule has 0 aliphatic heterocycles. The lowest BCUT2D eigenvalue weighted by Crippen LogP contribution is -2.45. The van der Waals surface area contributed by atoms with E-state index in [2.05, 4.69) is 18.8 Å². The third-order valence-corrected chi connectivity index (χ3v) is 6.05. The minimum absolute atomic E-state index is 0.00859. The highest BCUT2D eigenvalue weighted by Crippen LogP contribution is 2.21. The molecule has 2 aromatic rings. The van der Waals surface area contributed by atoms with E-state index >= 15 is 0 Å². The number of amides is 1. The molecule has 1 aromatic heterocycles. The Balaban J connectivity index is 2.36. The molecule has 158 valence electrons. The second-order valence-electron chi connectivity index (χ2n) is 6.98. The van der Waals surface area contributed by atoms with Gasteiger partial charge in [-0.1, -0.05) is 37.7 Å². The molecule has 8 heteroatoms. The Labute approximate surface area is 175 Å². The van der Waals surface area contributed by atoms with Gasteiger partial charge in [-0.15, -0.1) is 0 Å². The molecule has 29 heavy (non-hydrogen) atoms. The first kappa shape index (κ1) is 22.9. The quantitative estimate of drug-likeness (QED) is 0.353. The molecular formula is C21H29N3O4S. The molecule has 0 saturated carbocycles. The van der Waals surface area contributed by atoms with Gasteiger partial charge in [0.1, 0.15) is 6.54 Å². The van der Waals surface area contributed by atoms with Gasteiger partial charge in [0.2, 0.25) is 5.91 Å². The minimum Gasteiger partial charge on any atom is -0.468 e. The molecule has 7 nitrogen and oxygen atoms in total. The zero-order chi connectivity index (χ0) is 21.6. The number of methoxy groups -OCH3 is 1. The van der Waals surface area contributed by atoms with Crippen molar-refractivity contribution in [3.63, 3.8) is 0 Å². The van der Waals surface area contributed by atoms with Gasteiger partial charge in [0.15, 0.2) is 5.16 Å². The van der Waals surface area contributed by atoms with Crippen LogP contribution in [0.1, 0.15) is 40.5 Å². The molecule has 0 radical (unpaired) electrons. The van der Waals surface area contributed by atoms with E-state index in [0.29, 0.717) is 16.1 Å². The largest absolute Gasteiger partial charge is 0.468 e. The van der Waals surface area contributed by atoms with Crippen LogP contribution in [-0.4, -0.2) is 51.3 Å². The second kappa shape index (κ2) is 10.4. The predicted octanol–water partition coefficient (Wildman–Crippen LogP) is 3.09. The molecule has 0 N–H and O–H groups in total. The molecule has 2 rings (SSSR count). The van der Waals surface area contributed by atoms with Gasteiger partial charge >= 0.3 is 5.97 Å². The van der Waals surface area contributed by atoms with E-state index in [1.807, 2.05) is 18.7 Å². The van der Waals surface area contributed by atoms with E-state index in [1.165, 1.54) is 23.4 Å². The van der Waals surface area contributed by atoms with Crippen molar-refractivity contribution in [2.75, 3.05) is 12.9 Å². The van der Waals surface area contributed by atoms with E-state index in [9.17, 15) is 14.4 Å². The lowest BCUT2D eigenvalue weighted by Gasteiger charge is -2.34. The molecule has 1 amide bonds. The number of thioether (sulfide) groups is 1. The van der Waals surface area contributed by atoms with E-state index in [4.69, 9.17) is 4.74 Å². The normalized spacial score (nSPS) is 13.1. The number of carbonyl (C=O) groups is 2. The Kier molecular flexibility index (Phi) is 8.25. The Morgan fingerprint density at radius 2 is 1.79 bits per heavy atom. The van der Waals surface area contributed by atoms with Crippen molar-refractivity contribution in [1.82, 2.24) is 14.5 Å². The molecule has 2 atom stereocenters. The summed E-state index contributed by atoms with van der Waals surface area (Å²) in [5.74, 6) is -0.412. The zero-order valence-electron chi connectivity index (χ0n) is 17.7. The minimum atomic E-state index is -0.543. The Bertz CT molecular complexity index is 918. The molecular weight excluding hydrogens is 390 g/mol. The maximum absolute atomic E-state index is 13.0. The Morgan fingerprint density at radius 3 is 2.38 bits per heavy atom. The van der Waals surface area contributed by atoms with Crippen LogP contribution >= 0.6 is 11.8 Å². The number of aromatic nitrogens is 2. The summed E-state index contributed by atoms with van der Waals surface area (Å²) in [4.78, 5) is 44.1. The summed E-state index contributed by atoms with van der Waals surface area (Å²) in [6.45, 7) is 7.94. The number of nitrogens with zero attached hydrogens (tertiary/aromatic N) is 3. The topological polar surface area (TPSA) is 81.5 Å². The number of para-hydroxylation sites is 1. The Morgan fingerprint density at radius 1 is 1.17 bits per heavy atom. The van der Waals surface area contributed by atoms with Crippen molar-refractivity contribution in [3.8, 4) is 0 Å². The maximum Gasteiger partial charge on any atom is 0.325 e. The monoisotopic (exact) mass is 419 g/mol. The first-order valence-electron chi connectivity index (χ1n) is 9.84. The van der Waals surface area contributed by atoms with Crippen molar-refractivity contribution in [1.29, 1.82) is 0 Å². The molecule has 1 heterocycles. The number of hydrogen-bond acceptors (Lipinski definition) is 6. The molecule has 0 fully saturated rings. The fraction of sp³-hybridized carbons (Fsp3) is 0.524.